The highest BCUT2D eigenvalue weighted by atomic mass is 16.3. The van der Waals surface area contributed by atoms with Crippen molar-refractivity contribution >= 4 is 5.69 Å². The summed E-state index contributed by atoms with van der Waals surface area (Å²) in [5, 5.41) is 15.2. The molecule has 0 fully saturated rings. The van der Waals surface area contributed by atoms with Crippen LogP contribution in [0.1, 0.15) is 0 Å². The second-order valence-electron chi connectivity index (χ2n) is 2.58. The fourth-order valence-corrected chi connectivity index (χ4v) is 0.911. The van der Waals surface area contributed by atoms with Crippen LogP contribution in [0.4, 0.5) is 5.69 Å². The lowest BCUT2D eigenvalue weighted by Crippen LogP contribution is -2.17. The summed E-state index contributed by atoms with van der Waals surface area (Å²) in [6.45, 7) is 1.82. The predicted octanol–water partition coefficient (Wildman–Crippen LogP) is 1.02. The maximum atomic E-state index is 8.99. The maximum Gasteiger partial charge on any atom is 0.115 e. The van der Waals surface area contributed by atoms with Gasteiger partial charge in [-0.05, 0) is 31.3 Å². The highest BCUT2D eigenvalue weighted by Crippen LogP contribution is 2.12. The average Bonchev–Trinajstić information content (AvgIpc) is 2.09. The van der Waals surface area contributed by atoms with Crippen LogP contribution < -0.4 is 10.6 Å². The minimum atomic E-state index is 0.300. The van der Waals surface area contributed by atoms with E-state index >= 15 is 0 Å². The summed E-state index contributed by atoms with van der Waals surface area (Å²) in [5.74, 6) is 0.300. The Hall–Kier alpha value is -1.22. The minimum absolute atomic E-state index is 0.300. The SMILES string of the molecule is CNCCNc1ccc(O)cc1. The Morgan fingerprint density at radius 2 is 1.83 bits per heavy atom. The summed E-state index contributed by atoms with van der Waals surface area (Å²) in [4.78, 5) is 0. The van der Waals surface area contributed by atoms with Crippen LogP contribution in [0.3, 0.4) is 0 Å². The highest BCUT2D eigenvalue weighted by Gasteiger charge is 1.90. The van der Waals surface area contributed by atoms with Crippen LogP contribution in [-0.4, -0.2) is 25.2 Å². The zero-order valence-electron chi connectivity index (χ0n) is 7.17. The number of phenolic OH excluding ortho intramolecular Hbond substituents is 1. The van der Waals surface area contributed by atoms with Gasteiger partial charge in [0, 0.05) is 18.8 Å². The first-order valence-corrected chi connectivity index (χ1v) is 4.00. The van der Waals surface area contributed by atoms with E-state index in [2.05, 4.69) is 10.6 Å². The van der Waals surface area contributed by atoms with Crippen LogP contribution >= 0.6 is 0 Å². The summed E-state index contributed by atoms with van der Waals surface area (Å²) < 4.78 is 0. The summed E-state index contributed by atoms with van der Waals surface area (Å²) in [5.41, 5.74) is 1.03. The topological polar surface area (TPSA) is 44.3 Å². The van der Waals surface area contributed by atoms with Crippen LogP contribution in [0, 0.1) is 0 Å². The molecule has 0 aromatic heterocycles. The van der Waals surface area contributed by atoms with Crippen LogP contribution in [0.2, 0.25) is 0 Å². The predicted molar refractivity (Wildman–Crippen MR) is 50.5 cm³/mol. The van der Waals surface area contributed by atoms with Gasteiger partial charge >= 0.3 is 0 Å². The normalized spacial score (nSPS) is 9.75. The molecule has 66 valence electrons. The van der Waals surface area contributed by atoms with E-state index in [1.54, 1.807) is 12.1 Å². The Morgan fingerprint density at radius 1 is 1.17 bits per heavy atom. The first kappa shape index (κ1) is 8.87. The molecule has 0 spiro atoms. The maximum absolute atomic E-state index is 8.99. The molecule has 3 nitrogen and oxygen atoms in total. The molecular weight excluding hydrogens is 152 g/mol. The van der Waals surface area contributed by atoms with Gasteiger partial charge in [0.15, 0.2) is 0 Å². The molecule has 1 rings (SSSR count). The molecule has 0 unspecified atom stereocenters. The zero-order chi connectivity index (χ0) is 8.81. The summed E-state index contributed by atoms with van der Waals surface area (Å²) in [6.07, 6.45) is 0. The van der Waals surface area contributed by atoms with Gasteiger partial charge in [-0.2, -0.15) is 0 Å². The van der Waals surface area contributed by atoms with Gasteiger partial charge in [0.05, 0.1) is 0 Å². The Morgan fingerprint density at radius 3 is 2.42 bits per heavy atom. The smallest absolute Gasteiger partial charge is 0.115 e. The molecule has 1 aromatic carbocycles. The van der Waals surface area contributed by atoms with Crippen LogP contribution in [0.15, 0.2) is 24.3 Å². The van der Waals surface area contributed by atoms with E-state index in [1.165, 1.54) is 0 Å². The number of phenols is 1. The molecule has 0 aliphatic heterocycles. The van der Waals surface area contributed by atoms with Crippen molar-refractivity contribution in [3.05, 3.63) is 24.3 Å². The number of rotatable bonds is 4. The van der Waals surface area contributed by atoms with E-state index in [9.17, 15) is 0 Å². The Bertz CT molecular complexity index is 220. The number of nitrogens with one attached hydrogen (secondary N) is 2. The monoisotopic (exact) mass is 166 g/mol. The molecule has 0 aliphatic rings. The van der Waals surface area contributed by atoms with Gasteiger partial charge in [0.2, 0.25) is 0 Å². The molecule has 3 heteroatoms. The van der Waals surface area contributed by atoms with Crippen molar-refractivity contribution in [3.8, 4) is 5.75 Å². The molecule has 3 N–H and O–H groups in total. The molecule has 0 atom stereocenters. The Balaban J connectivity index is 2.37. The molecule has 0 saturated carbocycles. The lowest BCUT2D eigenvalue weighted by Gasteiger charge is -2.04. The van der Waals surface area contributed by atoms with Crippen molar-refractivity contribution in [2.75, 3.05) is 25.5 Å². The van der Waals surface area contributed by atoms with E-state index in [4.69, 9.17) is 5.11 Å². The first-order valence-electron chi connectivity index (χ1n) is 4.00. The number of likely N-dealkylation sites (N-methyl/N-ethyl adjacent to an activating group) is 1. The minimum Gasteiger partial charge on any atom is -0.508 e. The second kappa shape index (κ2) is 4.62. The number of benzene rings is 1. The van der Waals surface area contributed by atoms with Gasteiger partial charge in [0.25, 0.3) is 0 Å². The molecule has 1 aromatic rings. The van der Waals surface area contributed by atoms with E-state index in [1.807, 2.05) is 19.2 Å². The van der Waals surface area contributed by atoms with Gasteiger partial charge in [-0.25, -0.2) is 0 Å². The van der Waals surface area contributed by atoms with Crippen molar-refractivity contribution < 1.29 is 5.11 Å². The summed E-state index contributed by atoms with van der Waals surface area (Å²) in [6, 6.07) is 7.04. The molecule has 0 bridgehead atoms. The lowest BCUT2D eigenvalue weighted by atomic mass is 10.3. The van der Waals surface area contributed by atoms with Crippen LogP contribution in [-0.2, 0) is 0 Å². The quantitative estimate of drug-likeness (QED) is 0.462. The van der Waals surface area contributed by atoms with Crippen molar-refractivity contribution in [1.82, 2.24) is 5.32 Å². The third-order valence-electron chi connectivity index (χ3n) is 1.57. The van der Waals surface area contributed by atoms with Crippen molar-refractivity contribution in [1.29, 1.82) is 0 Å². The fourth-order valence-electron chi connectivity index (χ4n) is 0.911. The first-order chi connectivity index (χ1) is 5.83. The van der Waals surface area contributed by atoms with E-state index in [-0.39, 0.29) is 0 Å². The molecular formula is C9H14N2O. The van der Waals surface area contributed by atoms with Gasteiger partial charge in [-0.1, -0.05) is 0 Å². The van der Waals surface area contributed by atoms with E-state index < -0.39 is 0 Å². The number of hydrogen-bond acceptors (Lipinski definition) is 3. The number of aromatic hydroxyl groups is 1. The van der Waals surface area contributed by atoms with Crippen LogP contribution in [0.5, 0.6) is 5.75 Å². The van der Waals surface area contributed by atoms with E-state index in [0.29, 0.717) is 5.75 Å². The molecule has 0 aliphatic carbocycles. The van der Waals surface area contributed by atoms with Crippen molar-refractivity contribution in [3.63, 3.8) is 0 Å². The standard InChI is InChI=1S/C9H14N2O/c1-10-6-7-11-8-2-4-9(12)5-3-8/h2-5,10-12H,6-7H2,1H3. The largest absolute Gasteiger partial charge is 0.508 e. The van der Waals surface area contributed by atoms with E-state index in [0.717, 1.165) is 18.8 Å². The number of hydrogen-bond donors (Lipinski definition) is 3. The van der Waals surface area contributed by atoms with Gasteiger partial charge in [-0.15, -0.1) is 0 Å². The molecule has 0 heterocycles. The van der Waals surface area contributed by atoms with Gasteiger partial charge in [-0.3, -0.25) is 0 Å². The fraction of sp³-hybridized carbons (Fsp3) is 0.333. The van der Waals surface area contributed by atoms with Crippen molar-refractivity contribution in [2.45, 2.75) is 0 Å². The Labute approximate surface area is 72.4 Å². The lowest BCUT2D eigenvalue weighted by molar-refractivity contribution is 0.475. The Kier molecular flexibility index (Phi) is 3.41. The number of anilines is 1. The van der Waals surface area contributed by atoms with Crippen molar-refractivity contribution in [2.24, 2.45) is 0 Å². The average molecular weight is 166 g/mol. The van der Waals surface area contributed by atoms with Gasteiger partial charge in [0.1, 0.15) is 5.75 Å². The molecule has 0 radical (unpaired) electrons. The molecule has 0 amide bonds. The summed E-state index contributed by atoms with van der Waals surface area (Å²) in [7, 11) is 1.92. The summed E-state index contributed by atoms with van der Waals surface area (Å²) >= 11 is 0. The van der Waals surface area contributed by atoms with Gasteiger partial charge < -0.3 is 15.7 Å². The molecule has 12 heavy (non-hydrogen) atoms. The van der Waals surface area contributed by atoms with Crippen LogP contribution in [0.25, 0.3) is 0 Å². The highest BCUT2D eigenvalue weighted by molar-refractivity contribution is 5.45. The third kappa shape index (κ3) is 2.80. The third-order valence-corrected chi connectivity index (χ3v) is 1.57. The second-order valence-corrected chi connectivity index (χ2v) is 2.58. The molecule has 0 saturated heterocycles. The zero-order valence-corrected chi connectivity index (χ0v) is 7.17.